The fourth-order valence-corrected chi connectivity index (χ4v) is 1.47. The van der Waals surface area contributed by atoms with Crippen molar-refractivity contribution in [1.29, 1.82) is 0 Å². The number of nitrogens with zero attached hydrogens (tertiary/aromatic N) is 1. The fraction of sp³-hybridized carbons (Fsp3) is 0.273. The van der Waals surface area contributed by atoms with Crippen LogP contribution in [0.1, 0.15) is 5.56 Å². The molecule has 0 aliphatic carbocycles. The molecule has 0 aromatic heterocycles. The Hall–Kier alpha value is -1.91. The van der Waals surface area contributed by atoms with Gasteiger partial charge in [-0.05, 0) is 17.7 Å². The Kier molecular flexibility index (Phi) is 2.85. The second-order valence-corrected chi connectivity index (χ2v) is 3.49. The van der Waals surface area contributed by atoms with Crippen molar-refractivity contribution < 1.29 is 19.0 Å². The second-order valence-electron chi connectivity index (χ2n) is 3.49. The lowest BCUT2D eigenvalue weighted by molar-refractivity contribution is -0.138. The van der Waals surface area contributed by atoms with Crippen LogP contribution < -0.4 is 0 Å². The van der Waals surface area contributed by atoms with Gasteiger partial charge in [0.1, 0.15) is 12.4 Å². The third-order valence-electron chi connectivity index (χ3n) is 2.24. The molecule has 1 aromatic rings. The van der Waals surface area contributed by atoms with Crippen molar-refractivity contribution >= 4 is 11.9 Å². The summed E-state index contributed by atoms with van der Waals surface area (Å²) in [6.45, 7) is 0.0555. The van der Waals surface area contributed by atoms with E-state index in [1.54, 1.807) is 12.1 Å². The minimum atomic E-state index is -1.01. The number of aliphatic carboxylic acids is 1. The van der Waals surface area contributed by atoms with Crippen molar-refractivity contribution in [1.82, 2.24) is 0 Å². The topological polar surface area (TPSA) is 58.9 Å². The largest absolute Gasteiger partial charge is 0.480 e. The Bertz CT molecular complexity index is 445. The fourth-order valence-electron chi connectivity index (χ4n) is 1.47. The van der Waals surface area contributed by atoms with Gasteiger partial charge in [-0.1, -0.05) is 12.1 Å². The van der Waals surface area contributed by atoms with Gasteiger partial charge in [0.25, 0.3) is 0 Å². The molecule has 5 heteroatoms. The Morgan fingerprint density at radius 2 is 2.44 bits per heavy atom. The van der Waals surface area contributed by atoms with Crippen LogP contribution in [0.3, 0.4) is 0 Å². The average molecular weight is 223 g/mol. The number of carbonyl (C=O) groups is 1. The van der Waals surface area contributed by atoms with Crippen molar-refractivity contribution in [2.75, 3.05) is 6.61 Å². The molecule has 0 radical (unpaired) electrons. The Labute approximate surface area is 91.4 Å². The van der Waals surface area contributed by atoms with E-state index in [-0.39, 0.29) is 12.4 Å². The van der Waals surface area contributed by atoms with Gasteiger partial charge in [0.05, 0.1) is 0 Å². The van der Waals surface area contributed by atoms with Gasteiger partial charge in [-0.3, -0.25) is 0 Å². The molecule has 16 heavy (non-hydrogen) atoms. The first kappa shape index (κ1) is 10.6. The van der Waals surface area contributed by atoms with E-state index in [9.17, 15) is 9.18 Å². The number of carboxylic acids is 1. The van der Waals surface area contributed by atoms with E-state index in [1.165, 1.54) is 12.1 Å². The van der Waals surface area contributed by atoms with Gasteiger partial charge in [-0.25, -0.2) is 14.2 Å². The summed E-state index contributed by atoms with van der Waals surface area (Å²) < 4.78 is 18.0. The van der Waals surface area contributed by atoms with Crippen molar-refractivity contribution in [3.05, 3.63) is 35.6 Å². The highest BCUT2D eigenvalue weighted by molar-refractivity contribution is 5.86. The number of carboxylic acid groups (broad SMARTS) is 1. The van der Waals surface area contributed by atoms with E-state index in [4.69, 9.17) is 9.84 Å². The Balaban J connectivity index is 2.06. The molecule has 0 fully saturated rings. The van der Waals surface area contributed by atoms with E-state index in [1.807, 2.05) is 0 Å². The molecular formula is C11H10FNO3. The highest BCUT2D eigenvalue weighted by atomic mass is 19.1. The summed E-state index contributed by atoms with van der Waals surface area (Å²) >= 11 is 0. The zero-order chi connectivity index (χ0) is 11.5. The molecule has 0 amide bonds. The molecule has 84 valence electrons. The molecule has 1 aliphatic rings. The molecule has 0 spiro atoms. The van der Waals surface area contributed by atoms with Crippen LogP contribution in [0.2, 0.25) is 0 Å². The molecule has 4 nitrogen and oxygen atoms in total. The van der Waals surface area contributed by atoms with E-state index in [0.717, 1.165) is 0 Å². The lowest BCUT2D eigenvalue weighted by atomic mass is 10.1. The van der Waals surface area contributed by atoms with Crippen LogP contribution >= 0.6 is 0 Å². The molecule has 1 N–H and O–H groups in total. The molecule has 1 heterocycles. The average Bonchev–Trinajstić information content (AvgIpc) is 2.66. The number of benzene rings is 1. The van der Waals surface area contributed by atoms with Crippen LogP contribution in [0.5, 0.6) is 0 Å². The SMILES string of the molecule is O=C(O)C1COC(Cc2cccc(F)c2)=N1. The molecule has 2 rings (SSSR count). The second kappa shape index (κ2) is 4.30. The van der Waals surface area contributed by atoms with Crippen molar-refractivity contribution in [3.8, 4) is 0 Å². The molecule has 0 saturated carbocycles. The van der Waals surface area contributed by atoms with E-state index in [2.05, 4.69) is 4.99 Å². The summed E-state index contributed by atoms with van der Waals surface area (Å²) in [5.41, 5.74) is 0.713. The first-order valence-corrected chi connectivity index (χ1v) is 4.82. The van der Waals surface area contributed by atoms with Crippen LogP contribution in [0.15, 0.2) is 29.3 Å². The molecule has 1 atom stereocenters. The number of hydrogen-bond donors (Lipinski definition) is 1. The maximum absolute atomic E-state index is 12.9. The number of aliphatic imine (C=N–C) groups is 1. The van der Waals surface area contributed by atoms with Crippen LogP contribution in [0.25, 0.3) is 0 Å². The van der Waals surface area contributed by atoms with Gasteiger partial charge in [-0.2, -0.15) is 0 Å². The summed E-state index contributed by atoms with van der Waals surface area (Å²) in [5, 5.41) is 8.69. The van der Waals surface area contributed by atoms with Gasteiger partial charge >= 0.3 is 5.97 Å². The Morgan fingerprint density at radius 1 is 1.62 bits per heavy atom. The summed E-state index contributed by atoms with van der Waals surface area (Å²) in [4.78, 5) is 14.5. The first-order chi connectivity index (χ1) is 7.65. The van der Waals surface area contributed by atoms with Gasteiger partial charge < -0.3 is 9.84 Å². The molecule has 1 aromatic carbocycles. The van der Waals surface area contributed by atoms with Gasteiger partial charge in [0.2, 0.25) is 0 Å². The van der Waals surface area contributed by atoms with E-state index >= 15 is 0 Å². The number of halogens is 1. The van der Waals surface area contributed by atoms with Crippen molar-refractivity contribution in [2.24, 2.45) is 4.99 Å². The zero-order valence-corrected chi connectivity index (χ0v) is 8.39. The molecule has 0 saturated heterocycles. The van der Waals surface area contributed by atoms with Gasteiger partial charge in [0.15, 0.2) is 11.9 Å². The summed E-state index contributed by atoms with van der Waals surface area (Å²) in [6.07, 6.45) is 0.321. The van der Waals surface area contributed by atoms with Crippen LogP contribution in [0, 0.1) is 5.82 Å². The molecule has 0 bridgehead atoms. The number of rotatable bonds is 3. The minimum Gasteiger partial charge on any atom is -0.480 e. The van der Waals surface area contributed by atoms with E-state index < -0.39 is 12.0 Å². The summed E-state index contributed by atoms with van der Waals surface area (Å²) in [5.74, 6) is -0.988. The third kappa shape index (κ3) is 2.36. The lowest BCUT2D eigenvalue weighted by Gasteiger charge is -2.01. The number of hydrogen-bond acceptors (Lipinski definition) is 3. The third-order valence-corrected chi connectivity index (χ3v) is 2.24. The Morgan fingerprint density at radius 3 is 3.06 bits per heavy atom. The highest BCUT2D eigenvalue weighted by Crippen LogP contribution is 2.11. The monoisotopic (exact) mass is 223 g/mol. The van der Waals surface area contributed by atoms with Gasteiger partial charge in [-0.15, -0.1) is 0 Å². The van der Waals surface area contributed by atoms with Crippen molar-refractivity contribution in [2.45, 2.75) is 12.5 Å². The normalized spacial score (nSPS) is 19.1. The first-order valence-electron chi connectivity index (χ1n) is 4.82. The summed E-state index contributed by atoms with van der Waals surface area (Å²) in [6, 6.07) is 5.22. The predicted octanol–water partition coefficient (Wildman–Crippen LogP) is 1.25. The predicted molar refractivity (Wildman–Crippen MR) is 54.9 cm³/mol. The zero-order valence-electron chi connectivity index (χ0n) is 8.39. The maximum atomic E-state index is 12.9. The van der Waals surface area contributed by atoms with Crippen LogP contribution in [0.4, 0.5) is 4.39 Å². The standard InChI is InChI=1S/C11H10FNO3/c12-8-3-1-2-7(4-8)5-10-13-9(6-16-10)11(14)15/h1-4,9H,5-6H2,(H,14,15). The van der Waals surface area contributed by atoms with Crippen molar-refractivity contribution in [3.63, 3.8) is 0 Å². The maximum Gasteiger partial charge on any atom is 0.332 e. The summed E-state index contributed by atoms with van der Waals surface area (Å²) in [7, 11) is 0. The molecule has 1 aliphatic heterocycles. The molecule has 1 unspecified atom stereocenters. The quantitative estimate of drug-likeness (QED) is 0.838. The van der Waals surface area contributed by atoms with E-state index in [0.29, 0.717) is 17.9 Å². The minimum absolute atomic E-state index is 0.0555. The van der Waals surface area contributed by atoms with Crippen LogP contribution in [-0.4, -0.2) is 29.6 Å². The van der Waals surface area contributed by atoms with Gasteiger partial charge in [0, 0.05) is 6.42 Å². The molecular weight excluding hydrogens is 213 g/mol. The number of ether oxygens (including phenoxy) is 1. The smallest absolute Gasteiger partial charge is 0.332 e. The lowest BCUT2D eigenvalue weighted by Crippen LogP contribution is -2.18. The highest BCUT2D eigenvalue weighted by Gasteiger charge is 2.24. The van der Waals surface area contributed by atoms with Crippen LogP contribution in [-0.2, 0) is 16.0 Å².